The molecule has 1 aromatic carbocycles. The number of carbonyl (C=O) groups is 1. The minimum absolute atomic E-state index is 0.0313. The predicted octanol–water partition coefficient (Wildman–Crippen LogP) is 2.71. The molecule has 34 heavy (non-hydrogen) atoms. The fourth-order valence-corrected chi connectivity index (χ4v) is 4.78. The lowest BCUT2D eigenvalue weighted by atomic mass is 9.88. The summed E-state index contributed by atoms with van der Waals surface area (Å²) in [4.78, 5) is 23.2. The lowest BCUT2D eigenvalue weighted by molar-refractivity contribution is -0.137. The number of anilines is 2. The molecule has 4 heterocycles. The second-order valence-corrected chi connectivity index (χ2v) is 8.70. The van der Waals surface area contributed by atoms with Crippen molar-refractivity contribution >= 4 is 23.1 Å². The van der Waals surface area contributed by atoms with Gasteiger partial charge in [0.05, 0.1) is 23.3 Å². The third-order valence-electron chi connectivity index (χ3n) is 6.61. The standard InChI is InChI=1S/C25H27N7O2/c1-15-11-17(9-10-31(15)21(34)14-33)23-22(26)24(27)32-25(30-23)19(13-29-32)18-7-8-20(28-12-18)16-5-3-2-4-6-16/h2-8,12-13,15,17,33H,9-11,14,26-27H2,1H3/t15-,17+/m0/s1. The summed E-state index contributed by atoms with van der Waals surface area (Å²) in [7, 11) is 0. The number of pyridine rings is 1. The first-order valence-corrected chi connectivity index (χ1v) is 11.3. The summed E-state index contributed by atoms with van der Waals surface area (Å²) in [5, 5.41) is 13.7. The van der Waals surface area contributed by atoms with E-state index in [-0.39, 0.29) is 17.9 Å². The maximum Gasteiger partial charge on any atom is 0.248 e. The second kappa shape index (κ2) is 8.75. The van der Waals surface area contributed by atoms with Crippen molar-refractivity contribution in [1.82, 2.24) is 24.5 Å². The van der Waals surface area contributed by atoms with Crippen LogP contribution in [0.15, 0.2) is 54.9 Å². The summed E-state index contributed by atoms with van der Waals surface area (Å²) in [6.07, 6.45) is 4.93. The average molecular weight is 458 g/mol. The molecule has 0 radical (unpaired) electrons. The topological polar surface area (TPSA) is 136 Å². The fourth-order valence-electron chi connectivity index (χ4n) is 4.78. The number of carbonyl (C=O) groups excluding carboxylic acids is 1. The van der Waals surface area contributed by atoms with E-state index in [1.807, 2.05) is 55.6 Å². The highest BCUT2D eigenvalue weighted by atomic mass is 16.3. The number of hydrogen-bond donors (Lipinski definition) is 3. The van der Waals surface area contributed by atoms with Crippen molar-refractivity contribution < 1.29 is 9.90 Å². The molecule has 1 fully saturated rings. The van der Waals surface area contributed by atoms with Gasteiger partial charge in [0.1, 0.15) is 6.61 Å². The number of nitrogens with two attached hydrogens (primary N) is 2. The molecule has 5 rings (SSSR count). The summed E-state index contributed by atoms with van der Waals surface area (Å²) in [5.74, 6) is 0.138. The SMILES string of the molecule is C[C@H]1C[C@H](c2nc3c(-c4ccc(-c5ccccc5)nc4)cnn3c(N)c2N)CCN1C(=O)CO. The maximum atomic E-state index is 12.0. The van der Waals surface area contributed by atoms with Gasteiger partial charge in [-0.15, -0.1) is 0 Å². The Balaban J connectivity index is 1.50. The highest BCUT2D eigenvalue weighted by Crippen LogP contribution is 2.37. The summed E-state index contributed by atoms with van der Waals surface area (Å²) in [5.41, 5.74) is 18.2. The molecule has 0 unspecified atom stereocenters. The third-order valence-corrected chi connectivity index (χ3v) is 6.61. The van der Waals surface area contributed by atoms with Gasteiger partial charge in [-0.2, -0.15) is 9.61 Å². The van der Waals surface area contributed by atoms with Gasteiger partial charge in [0.15, 0.2) is 11.5 Å². The molecule has 5 N–H and O–H groups in total. The number of nitrogen functional groups attached to an aromatic ring is 2. The highest BCUT2D eigenvalue weighted by Gasteiger charge is 2.32. The number of piperidine rings is 1. The molecule has 9 nitrogen and oxygen atoms in total. The monoisotopic (exact) mass is 457 g/mol. The Hall–Kier alpha value is -3.98. The molecule has 0 saturated carbocycles. The van der Waals surface area contributed by atoms with Crippen LogP contribution in [-0.2, 0) is 4.79 Å². The Morgan fingerprint density at radius 2 is 1.91 bits per heavy atom. The lowest BCUT2D eigenvalue weighted by Gasteiger charge is -2.37. The highest BCUT2D eigenvalue weighted by molar-refractivity contribution is 5.81. The van der Waals surface area contributed by atoms with E-state index < -0.39 is 6.61 Å². The minimum Gasteiger partial charge on any atom is -0.394 e. The van der Waals surface area contributed by atoms with Crippen LogP contribution in [0.3, 0.4) is 0 Å². The van der Waals surface area contributed by atoms with Gasteiger partial charge < -0.3 is 21.5 Å². The fraction of sp³-hybridized carbons (Fsp3) is 0.280. The molecule has 3 aromatic heterocycles. The Kier molecular flexibility index (Phi) is 5.62. The van der Waals surface area contributed by atoms with Crippen molar-refractivity contribution in [3.8, 4) is 22.4 Å². The van der Waals surface area contributed by atoms with Gasteiger partial charge in [0, 0.05) is 41.4 Å². The quantitative estimate of drug-likeness (QED) is 0.429. The maximum absolute atomic E-state index is 12.0. The molecular weight excluding hydrogens is 430 g/mol. The van der Waals surface area contributed by atoms with Gasteiger partial charge in [-0.3, -0.25) is 9.78 Å². The number of rotatable bonds is 4. The van der Waals surface area contributed by atoms with Crippen LogP contribution < -0.4 is 11.5 Å². The Bertz CT molecular complexity index is 1340. The van der Waals surface area contributed by atoms with Crippen molar-refractivity contribution in [1.29, 1.82) is 0 Å². The van der Waals surface area contributed by atoms with Crippen LogP contribution in [0.2, 0.25) is 0 Å². The van der Waals surface area contributed by atoms with E-state index >= 15 is 0 Å². The van der Waals surface area contributed by atoms with E-state index in [0.717, 1.165) is 28.1 Å². The largest absolute Gasteiger partial charge is 0.394 e. The molecule has 9 heteroatoms. The number of fused-ring (bicyclic) bond motifs is 1. The van der Waals surface area contributed by atoms with Crippen LogP contribution in [0.5, 0.6) is 0 Å². The Morgan fingerprint density at radius 3 is 2.59 bits per heavy atom. The normalized spacial score (nSPS) is 18.4. The molecule has 1 aliphatic rings. The first kappa shape index (κ1) is 21.8. The molecule has 174 valence electrons. The molecule has 2 atom stereocenters. The summed E-state index contributed by atoms with van der Waals surface area (Å²) in [6.45, 7) is 2.03. The van der Waals surface area contributed by atoms with E-state index in [4.69, 9.17) is 16.5 Å². The molecule has 0 spiro atoms. The Morgan fingerprint density at radius 1 is 1.12 bits per heavy atom. The lowest BCUT2D eigenvalue weighted by Crippen LogP contribution is -2.45. The van der Waals surface area contributed by atoms with Crippen molar-refractivity contribution in [2.45, 2.75) is 31.7 Å². The number of hydrogen-bond acceptors (Lipinski definition) is 7. The van der Waals surface area contributed by atoms with Crippen LogP contribution in [0.4, 0.5) is 11.5 Å². The number of aliphatic hydroxyl groups excluding tert-OH is 1. The van der Waals surface area contributed by atoms with Crippen molar-refractivity contribution in [2.24, 2.45) is 0 Å². The van der Waals surface area contributed by atoms with Crippen LogP contribution in [0.25, 0.3) is 28.0 Å². The summed E-state index contributed by atoms with van der Waals surface area (Å²) >= 11 is 0. The van der Waals surface area contributed by atoms with E-state index in [2.05, 4.69) is 10.1 Å². The number of nitrogens with zero attached hydrogens (tertiary/aromatic N) is 5. The van der Waals surface area contributed by atoms with E-state index in [0.29, 0.717) is 36.5 Å². The third kappa shape index (κ3) is 3.73. The molecule has 1 saturated heterocycles. The molecule has 1 amide bonds. The minimum atomic E-state index is -0.482. The zero-order valence-corrected chi connectivity index (χ0v) is 18.9. The van der Waals surface area contributed by atoms with Gasteiger partial charge in [0.2, 0.25) is 5.91 Å². The zero-order valence-electron chi connectivity index (χ0n) is 18.9. The van der Waals surface area contributed by atoms with Gasteiger partial charge in [-0.25, -0.2) is 4.98 Å². The number of aromatic nitrogens is 4. The van der Waals surface area contributed by atoms with Crippen LogP contribution in [0, 0.1) is 0 Å². The van der Waals surface area contributed by atoms with Crippen LogP contribution in [0.1, 0.15) is 31.4 Å². The molecule has 0 bridgehead atoms. The zero-order chi connectivity index (χ0) is 23.8. The van der Waals surface area contributed by atoms with Gasteiger partial charge in [-0.1, -0.05) is 36.4 Å². The van der Waals surface area contributed by atoms with Gasteiger partial charge in [-0.05, 0) is 25.8 Å². The van der Waals surface area contributed by atoms with Gasteiger partial charge in [0.25, 0.3) is 0 Å². The molecular formula is C25H27N7O2. The number of likely N-dealkylation sites (tertiary alicyclic amines) is 1. The first-order valence-electron chi connectivity index (χ1n) is 11.3. The van der Waals surface area contributed by atoms with Crippen LogP contribution >= 0.6 is 0 Å². The number of amides is 1. The Labute approximate surface area is 197 Å². The number of benzene rings is 1. The first-order chi connectivity index (χ1) is 16.5. The second-order valence-electron chi connectivity index (χ2n) is 8.70. The molecule has 4 aromatic rings. The molecule has 1 aliphatic heterocycles. The smallest absolute Gasteiger partial charge is 0.248 e. The van der Waals surface area contributed by atoms with E-state index in [1.165, 1.54) is 0 Å². The van der Waals surface area contributed by atoms with Crippen molar-refractivity contribution in [3.63, 3.8) is 0 Å². The van der Waals surface area contributed by atoms with Crippen molar-refractivity contribution in [2.75, 3.05) is 24.6 Å². The predicted molar refractivity (Wildman–Crippen MR) is 131 cm³/mol. The van der Waals surface area contributed by atoms with Crippen LogP contribution in [-0.4, -0.2) is 54.7 Å². The van der Waals surface area contributed by atoms with Crippen molar-refractivity contribution in [3.05, 3.63) is 60.6 Å². The number of aliphatic hydroxyl groups is 1. The van der Waals surface area contributed by atoms with E-state index in [1.54, 1.807) is 15.6 Å². The molecule has 0 aliphatic carbocycles. The van der Waals surface area contributed by atoms with E-state index in [9.17, 15) is 9.90 Å². The summed E-state index contributed by atoms with van der Waals surface area (Å²) in [6, 6.07) is 13.9. The summed E-state index contributed by atoms with van der Waals surface area (Å²) < 4.78 is 1.56. The average Bonchev–Trinajstić information content (AvgIpc) is 3.30. The van der Waals surface area contributed by atoms with Gasteiger partial charge >= 0.3 is 0 Å².